The first-order chi connectivity index (χ1) is 27.1. The zero-order valence-corrected chi connectivity index (χ0v) is 33.0. The molecular weight excluding hydrogens is 728 g/mol. The Morgan fingerprint density at radius 1 is 0.554 bits per heavy atom. The van der Waals surface area contributed by atoms with E-state index in [1.165, 1.54) is 6.92 Å². The second-order valence-electron chi connectivity index (χ2n) is 13.0. The maximum Gasteiger partial charge on any atom is 0.302 e. The summed E-state index contributed by atoms with van der Waals surface area (Å²) in [5, 5.41) is 11.6. The largest absolute Gasteiger partial charge is 0.463 e. The smallest absolute Gasteiger partial charge is 0.302 e. The van der Waals surface area contributed by atoms with Crippen LogP contribution in [0.3, 0.4) is 0 Å². The number of carbonyl (C=O) groups is 5. The van der Waals surface area contributed by atoms with Gasteiger partial charge in [0.1, 0.15) is 25.9 Å². The molecule has 0 radical (unpaired) electrons. The lowest BCUT2D eigenvalue weighted by Gasteiger charge is -2.37. The molecule has 0 atom stereocenters. The molecule has 0 bridgehead atoms. The van der Waals surface area contributed by atoms with Gasteiger partial charge in [-0.2, -0.15) is 0 Å². The van der Waals surface area contributed by atoms with Crippen LogP contribution in [0.4, 0.5) is 0 Å². The molecule has 0 heterocycles. The van der Waals surface area contributed by atoms with E-state index >= 15 is 0 Å². The van der Waals surface area contributed by atoms with Crippen molar-refractivity contribution in [3.63, 3.8) is 0 Å². The Labute approximate surface area is 332 Å². The fraction of sp³-hybridized carbons (Fsp3) is 0.725. The van der Waals surface area contributed by atoms with Crippen LogP contribution in [0.15, 0.2) is 0 Å². The number of hydrogen-bond donors (Lipinski definition) is 4. The van der Waals surface area contributed by atoms with Gasteiger partial charge < -0.3 is 54.4 Å². The van der Waals surface area contributed by atoms with Crippen LogP contribution in [0.5, 0.6) is 0 Å². The summed E-state index contributed by atoms with van der Waals surface area (Å²) < 4.78 is 37.3. The minimum Gasteiger partial charge on any atom is -0.463 e. The fourth-order valence-electron chi connectivity index (χ4n) is 5.77. The van der Waals surface area contributed by atoms with Crippen LogP contribution in [-0.2, 0) is 57.1 Å². The van der Waals surface area contributed by atoms with Crippen molar-refractivity contribution in [1.82, 2.24) is 21.3 Å². The molecule has 4 N–H and O–H groups in total. The number of hydrogen-bond acceptors (Lipinski definition) is 12. The first-order valence-electron chi connectivity index (χ1n) is 19.2. The van der Waals surface area contributed by atoms with Crippen LogP contribution >= 0.6 is 0 Å². The number of esters is 1. The summed E-state index contributed by atoms with van der Waals surface area (Å²) in [5.41, 5.74) is -1.09. The van der Waals surface area contributed by atoms with Gasteiger partial charge in [0.2, 0.25) is 23.6 Å². The van der Waals surface area contributed by atoms with E-state index in [-0.39, 0.29) is 139 Å². The summed E-state index contributed by atoms with van der Waals surface area (Å²) in [5.74, 6) is 5.30. The Hall–Kier alpha value is -4.21. The molecule has 0 unspecified atom stereocenters. The monoisotopic (exact) mass is 790 g/mol. The first-order valence-corrected chi connectivity index (χ1v) is 19.2. The molecule has 1 aliphatic rings. The fourth-order valence-corrected chi connectivity index (χ4v) is 5.77. The summed E-state index contributed by atoms with van der Waals surface area (Å²) in [6, 6.07) is 0. The van der Waals surface area contributed by atoms with Crippen LogP contribution in [-0.4, -0.2) is 140 Å². The highest BCUT2D eigenvalue weighted by molar-refractivity contribution is 5.81. The summed E-state index contributed by atoms with van der Waals surface area (Å²) in [6.45, 7) is 5.39. The molecule has 1 aliphatic carbocycles. The lowest BCUT2D eigenvalue weighted by molar-refractivity contribution is -0.148. The van der Waals surface area contributed by atoms with Crippen LogP contribution in [0.1, 0.15) is 71.1 Å². The van der Waals surface area contributed by atoms with E-state index in [0.29, 0.717) is 65.3 Å². The molecule has 0 spiro atoms. The molecule has 56 heavy (non-hydrogen) atoms. The average molecular weight is 791 g/mol. The molecule has 16 heteroatoms. The van der Waals surface area contributed by atoms with Crippen molar-refractivity contribution in [2.24, 2.45) is 5.92 Å². The number of terminal acetylenes is 3. The molecule has 0 aliphatic heterocycles. The predicted octanol–water partition coefficient (Wildman–Crippen LogP) is 0.652. The predicted molar refractivity (Wildman–Crippen MR) is 207 cm³/mol. The van der Waals surface area contributed by atoms with E-state index in [1.807, 2.05) is 0 Å². The molecule has 314 valence electrons. The maximum atomic E-state index is 13.9. The van der Waals surface area contributed by atoms with Gasteiger partial charge in [-0.05, 0) is 44.9 Å². The van der Waals surface area contributed by atoms with Crippen molar-refractivity contribution >= 4 is 29.6 Å². The third kappa shape index (κ3) is 26.6. The molecule has 0 aromatic heterocycles. The highest BCUT2D eigenvalue weighted by Gasteiger charge is 2.37. The van der Waals surface area contributed by atoms with Gasteiger partial charge in [-0.3, -0.25) is 24.0 Å². The lowest BCUT2D eigenvalue weighted by Crippen LogP contribution is -2.52. The molecule has 16 nitrogen and oxygen atoms in total. The van der Waals surface area contributed by atoms with E-state index in [1.54, 1.807) is 0 Å². The molecule has 1 fully saturated rings. The van der Waals surface area contributed by atoms with Gasteiger partial charge in [0.15, 0.2) is 0 Å². The average Bonchev–Trinajstić information content (AvgIpc) is 3.18. The van der Waals surface area contributed by atoms with Crippen molar-refractivity contribution in [2.75, 3.05) is 98.9 Å². The zero-order valence-electron chi connectivity index (χ0n) is 33.0. The van der Waals surface area contributed by atoms with Crippen LogP contribution in [0.2, 0.25) is 0 Å². The molecule has 1 rings (SSSR count). The summed E-state index contributed by atoms with van der Waals surface area (Å²) in [6.07, 6.45) is 17.8. The van der Waals surface area contributed by atoms with Gasteiger partial charge in [0.25, 0.3) is 0 Å². The van der Waals surface area contributed by atoms with Crippen LogP contribution in [0.25, 0.3) is 0 Å². The molecular formula is C40H62N4O12. The summed E-state index contributed by atoms with van der Waals surface area (Å²) in [7, 11) is 0. The molecule has 0 saturated heterocycles. The topological polar surface area (TPSA) is 198 Å². The van der Waals surface area contributed by atoms with Gasteiger partial charge in [0, 0.05) is 57.3 Å². The maximum absolute atomic E-state index is 13.9. The van der Waals surface area contributed by atoms with Gasteiger partial charge >= 0.3 is 5.97 Å². The van der Waals surface area contributed by atoms with E-state index in [2.05, 4.69) is 39.0 Å². The zero-order chi connectivity index (χ0) is 41.1. The van der Waals surface area contributed by atoms with Gasteiger partial charge in [-0.15, -0.1) is 19.3 Å². The van der Waals surface area contributed by atoms with Crippen LogP contribution in [0, 0.1) is 42.9 Å². The number of carbonyl (C=O) groups excluding carboxylic acids is 5. The Morgan fingerprint density at radius 3 is 1.25 bits per heavy atom. The van der Waals surface area contributed by atoms with E-state index in [9.17, 15) is 24.0 Å². The standard InChI is InChI=1S/C40H62N4O12/c1-5-21-50-27-30-53-24-18-41-36(46)12-15-40(16-13-37(47)42-19-25-54-31-28-51-22-6-2,17-14-38(48)43-20-26-55-32-29-52-23-7-3)44-39(49)34-8-10-35(11-9-34)56-33(4)45/h1-3,34-35H,8-32H2,4H3,(H,41,46)(H,42,47)(H,43,48)(H,44,49). The quantitative estimate of drug-likeness (QED) is 0.0412. The summed E-state index contributed by atoms with van der Waals surface area (Å²) in [4.78, 5) is 64.4. The lowest BCUT2D eigenvalue weighted by atomic mass is 9.81. The number of nitrogens with one attached hydrogen (secondary N) is 4. The van der Waals surface area contributed by atoms with Crippen molar-refractivity contribution in [3.05, 3.63) is 0 Å². The van der Waals surface area contributed by atoms with E-state index in [4.69, 9.17) is 52.4 Å². The van der Waals surface area contributed by atoms with Crippen molar-refractivity contribution < 1.29 is 57.1 Å². The van der Waals surface area contributed by atoms with E-state index in [0.717, 1.165) is 0 Å². The Kier molecular flexibility index (Phi) is 29.3. The molecule has 1 saturated carbocycles. The second kappa shape index (κ2) is 33.0. The van der Waals surface area contributed by atoms with E-state index < -0.39 is 5.54 Å². The van der Waals surface area contributed by atoms with Crippen molar-refractivity contribution in [3.8, 4) is 37.0 Å². The van der Waals surface area contributed by atoms with Gasteiger partial charge in [0.05, 0.1) is 59.5 Å². The number of amides is 4. The highest BCUT2D eigenvalue weighted by Crippen LogP contribution is 2.31. The van der Waals surface area contributed by atoms with Gasteiger partial charge in [-0.1, -0.05) is 17.8 Å². The molecule has 0 aromatic carbocycles. The SMILES string of the molecule is C#CCOCCOCCNC(=O)CCC(CCC(=O)NCCOCCOCC#C)(CCC(=O)NCCOCCOCC#C)NC(=O)C1CCC(OC(C)=O)CC1. The van der Waals surface area contributed by atoms with Crippen LogP contribution < -0.4 is 21.3 Å². The normalized spacial score (nSPS) is 15.0. The molecule has 0 aromatic rings. The van der Waals surface area contributed by atoms with Crippen molar-refractivity contribution in [2.45, 2.75) is 82.8 Å². The Morgan fingerprint density at radius 2 is 0.911 bits per heavy atom. The second-order valence-corrected chi connectivity index (χ2v) is 13.0. The third-order valence-electron chi connectivity index (χ3n) is 8.64. The Bertz CT molecular complexity index is 1150. The highest BCUT2D eigenvalue weighted by atomic mass is 16.5. The summed E-state index contributed by atoms with van der Waals surface area (Å²) >= 11 is 0. The third-order valence-corrected chi connectivity index (χ3v) is 8.64. The van der Waals surface area contributed by atoms with Gasteiger partial charge in [-0.25, -0.2) is 0 Å². The first kappa shape index (κ1) is 49.8. The van der Waals surface area contributed by atoms with Crippen molar-refractivity contribution in [1.29, 1.82) is 0 Å². The Balaban J connectivity index is 2.98. The molecule has 4 amide bonds. The number of ether oxygens (including phenoxy) is 7. The minimum absolute atomic E-state index is 0.0131. The minimum atomic E-state index is -1.09. The number of rotatable bonds is 33.